The Balaban J connectivity index is 1.64. The number of anilines is 2. The standard InChI is InChI=1S/C28H29ClF2N8/c1-16-19(6-5-9-33-16)25(22-14-39(38-37-22)28(7-8-28)26(30)31)36-18-10-20-23(35-15-27(2,3)4)17(12-32)13-34-24(20)21(29)11-18/h5-6,9-11,13-14,25-26,36H,7-8,15H2,1-4H3,(H,34,35)/i25D. The second-order valence-electron chi connectivity index (χ2n) is 11.0. The van der Waals surface area contributed by atoms with Crippen LogP contribution < -0.4 is 10.6 Å². The van der Waals surface area contributed by atoms with Gasteiger partial charge in [-0.1, -0.05) is 43.7 Å². The van der Waals surface area contributed by atoms with Gasteiger partial charge in [-0.2, -0.15) is 5.26 Å². The Hall–Kier alpha value is -3.84. The first-order valence-corrected chi connectivity index (χ1v) is 12.9. The number of benzene rings is 1. The average molecular weight is 552 g/mol. The van der Waals surface area contributed by atoms with Crippen LogP contribution in [-0.2, 0) is 5.54 Å². The molecule has 11 heteroatoms. The predicted molar refractivity (Wildman–Crippen MR) is 147 cm³/mol. The summed E-state index contributed by atoms with van der Waals surface area (Å²) < 4.78 is 38.4. The van der Waals surface area contributed by atoms with Gasteiger partial charge in [-0.3, -0.25) is 9.97 Å². The first-order valence-electron chi connectivity index (χ1n) is 13.1. The van der Waals surface area contributed by atoms with Crippen molar-refractivity contribution in [2.75, 3.05) is 17.2 Å². The first-order chi connectivity index (χ1) is 18.9. The van der Waals surface area contributed by atoms with Crippen LogP contribution >= 0.6 is 11.6 Å². The zero-order valence-electron chi connectivity index (χ0n) is 23.1. The summed E-state index contributed by atoms with van der Waals surface area (Å²) in [6, 6.07) is 7.26. The van der Waals surface area contributed by atoms with E-state index in [2.05, 4.69) is 57.8 Å². The zero-order valence-corrected chi connectivity index (χ0v) is 22.8. The van der Waals surface area contributed by atoms with E-state index in [0.29, 0.717) is 50.7 Å². The lowest BCUT2D eigenvalue weighted by atomic mass is 9.96. The van der Waals surface area contributed by atoms with Crippen molar-refractivity contribution in [3.8, 4) is 6.07 Å². The van der Waals surface area contributed by atoms with Gasteiger partial charge in [0, 0.05) is 41.3 Å². The van der Waals surface area contributed by atoms with Crippen molar-refractivity contribution in [3.05, 3.63) is 70.4 Å². The van der Waals surface area contributed by atoms with Gasteiger partial charge >= 0.3 is 0 Å². The summed E-state index contributed by atoms with van der Waals surface area (Å²) in [6.07, 6.45) is 2.47. The normalized spacial score (nSPS) is 16.4. The number of halogens is 3. The number of nitrogens with zero attached hydrogens (tertiary/aromatic N) is 6. The summed E-state index contributed by atoms with van der Waals surface area (Å²) >= 11 is 6.68. The third-order valence-electron chi connectivity index (χ3n) is 6.76. The Bertz CT molecular complexity index is 1620. The number of nitrogens with one attached hydrogen (secondary N) is 2. The molecule has 1 fully saturated rings. The summed E-state index contributed by atoms with van der Waals surface area (Å²) in [5, 5.41) is 25.5. The molecule has 4 aromatic rings. The molecular formula is C28H29ClF2N8. The smallest absolute Gasteiger partial charge is 0.263 e. The van der Waals surface area contributed by atoms with E-state index in [9.17, 15) is 15.4 Å². The van der Waals surface area contributed by atoms with Crippen LogP contribution in [0.4, 0.5) is 20.2 Å². The summed E-state index contributed by atoms with van der Waals surface area (Å²) in [5.41, 5.74) is 1.56. The lowest BCUT2D eigenvalue weighted by molar-refractivity contribution is 0.0593. The van der Waals surface area contributed by atoms with E-state index in [4.69, 9.17) is 11.6 Å². The van der Waals surface area contributed by atoms with Gasteiger partial charge in [-0.05, 0) is 43.4 Å². The minimum absolute atomic E-state index is 0.0703. The van der Waals surface area contributed by atoms with E-state index in [-0.39, 0.29) is 24.0 Å². The molecule has 1 aliphatic rings. The van der Waals surface area contributed by atoms with E-state index >= 15 is 0 Å². The largest absolute Gasteiger partial charge is 0.383 e. The fourth-order valence-corrected chi connectivity index (χ4v) is 4.66. The molecule has 1 atom stereocenters. The van der Waals surface area contributed by atoms with E-state index in [1.165, 1.54) is 17.1 Å². The first kappa shape index (κ1) is 25.4. The molecule has 1 unspecified atom stereocenters. The van der Waals surface area contributed by atoms with E-state index in [1.807, 2.05) is 0 Å². The molecule has 202 valence electrons. The van der Waals surface area contributed by atoms with Crippen LogP contribution in [0.15, 0.2) is 42.9 Å². The van der Waals surface area contributed by atoms with Crippen LogP contribution in [0.5, 0.6) is 0 Å². The molecule has 5 rings (SSSR count). The quantitative estimate of drug-likeness (QED) is 0.258. The highest BCUT2D eigenvalue weighted by atomic mass is 35.5. The Morgan fingerprint density at radius 3 is 2.69 bits per heavy atom. The minimum atomic E-state index is -2.60. The van der Waals surface area contributed by atoms with Gasteiger partial charge in [-0.25, -0.2) is 13.5 Å². The van der Waals surface area contributed by atoms with E-state index < -0.39 is 18.0 Å². The Morgan fingerprint density at radius 1 is 1.28 bits per heavy atom. The number of aromatic nitrogens is 5. The number of fused-ring (bicyclic) bond motifs is 1. The summed E-state index contributed by atoms with van der Waals surface area (Å²) in [4.78, 5) is 8.75. The van der Waals surface area contributed by atoms with Crippen LogP contribution in [0.2, 0.25) is 5.02 Å². The molecule has 8 nitrogen and oxygen atoms in total. The van der Waals surface area contributed by atoms with Crippen LogP contribution in [0.1, 0.15) is 63.5 Å². The summed E-state index contributed by atoms with van der Waals surface area (Å²) in [5.74, 6) is 0. The summed E-state index contributed by atoms with van der Waals surface area (Å²) in [6.45, 7) is 8.58. The van der Waals surface area contributed by atoms with Crippen LogP contribution in [0.25, 0.3) is 10.9 Å². The molecule has 0 saturated heterocycles. The van der Waals surface area contributed by atoms with Crippen molar-refractivity contribution < 1.29 is 10.2 Å². The predicted octanol–water partition coefficient (Wildman–Crippen LogP) is 6.47. The zero-order chi connectivity index (χ0) is 28.9. The molecule has 0 radical (unpaired) electrons. The molecule has 39 heavy (non-hydrogen) atoms. The van der Waals surface area contributed by atoms with Crippen molar-refractivity contribution in [2.45, 2.75) is 58.5 Å². The molecule has 3 heterocycles. The maximum absolute atomic E-state index is 13.8. The average Bonchev–Trinajstić information content (AvgIpc) is 3.56. The second-order valence-corrected chi connectivity index (χ2v) is 11.4. The highest BCUT2D eigenvalue weighted by molar-refractivity contribution is 6.35. The van der Waals surface area contributed by atoms with Crippen molar-refractivity contribution in [1.82, 2.24) is 25.0 Å². The minimum Gasteiger partial charge on any atom is -0.383 e. The van der Waals surface area contributed by atoms with Gasteiger partial charge in [-0.15, -0.1) is 5.10 Å². The third kappa shape index (κ3) is 5.23. The molecule has 0 amide bonds. The Morgan fingerprint density at radius 2 is 2.05 bits per heavy atom. The van der Waals surface area contributed by atoms with Crippen molar-refractivity contribution >= 4 is 33.9 Å². The van der Waals surface area contributed by atoms with E-state index in [1.54, 1.807) is 37.4 Å². The van der Waals surface area contributed by atoms with Crippen molar-refractivity contribution in [3.63, 3.8) is 0 Å². The number of nitriles is 1. The molecule has 1 saturated carbocycles. The van der Waals surface area contributed by atoms with Gasteiger partial charge in [0.15, 0.2) is 0 Å². The maximum atomic E-state index is 13.8. The van der Waals surface area contributed by atoms with Crippen molar-refractivity contribution in [1.29, 1.82) is 5.26 Å². The lowest BCUT2D eigenvalue weighted by Gasteiger charge is -2.23. The van der Waals surface area contributed by atoms with Gasteiger partial charge in [0.2, 0.25) is 0 Å². The fourth-order valence-electron chi connectivity index (χ4n) is 4.39. The number of aryl methyl sites for hydroxylation is 1. The molecule has 3 aromatic heterocycles. The molecule has 2 N–H and O–H groups in total. The summed E-state index contributed by atoms with van der Waals surface area (Å²) in [7, 11) is 0. The number of hydrogen-bond acceptors (Lipinski definition) is 7. The number of alkyl halides is 2. The number of hydrogen-bond donors (Lipinski definition) is 2. The molecule has 1 aromatic carbocycles. The molecule has 0 spiro atoms. The monoisotopic (exact) mass is 551 g/mol. The van der Waals surface area contributed by atoms with Crippen LogP contribution in [0.3, 0.4) is 0 Å². The van der Waals surface area contributed by atoms with Crippen LogP contribution in [0, 0.1) is 23.7 Å². The fraction of sp³-hybridized carbons (Fsp3) is 0.393. The van der Waals surface area contributed by atoms with Gasteiger partial charge in [0.25, 0.3) is 6.43 Å². The highest BCUT2D eigenvalue weighted by Gasteiger charge is 2.54. The Kier molecular flexibility index (Phi) is 6.55. The van der Waals surface area contributed by atoms with Crippen molar-refractivity contribution in [2.24, 2.45) is 5.41 Å². The SMILES string of the molecule is [2H]C(Nc1cc(Cl)c2ncc(C#N)c(NCC(C)(C)C)c2c1)(c1cn(C2(C(F)F)CC2)nn1)c1cccnc1C. The Labute approximate surface area is 231 Å². The number of rotatable bonds is 8. The number of pyridine rings is 2. The molecular weight excluding hydrogens is 522 g/mol. The third-order valence-corrected chi connectivity index (χ3v) is 7.05. The van der Waals surface area contributed by atoms with Crippen LogP contribution in [-0.4, -0.2) is 37.9 Å². The second kappa shape index (κ2) is 10.0. The van der Waals surface area contributed by atoms with Gasteiger partial charge in [0.05, 0.1) is 35.4 Å². The maximum Gasteiger partial charge on any atom is 0.263 e. The highest BCUT2D eigenvalue weighted by Crippen LogP contribution is 2.48. The van der Waals surface area contributed by atoms with Gasteiger partial charge in [0.1, 0.15) is 17.3 Å². The van der Waals surface area contributed by atoms with E-state index in [0.717, 1.165) is 0 Å². The molecule has 1 aliphatic carbocycles. The van der Waals surface area contributed by atoms with Gasteiger partial charge < -0.3 is 10.6 Å². The topological polar surface area (TPSA) is 104 Å². The molecule has 0 bridgehead atoms. The lowest BCUT2D eigenvalue weighted by Crippen LogP contribution is -2.26. The molecule has 0 aliphatic heterocycles.